The molecule has 0 unspecified atom stereocenters. The number of carbonyl (C=O) groups is 2. The van der Waals surface area contributed by atoms with Crippen molar-refractivity contribution in [2.45, 2.75) is 39.9 Å². The molecule has 2 aliphatic heterocycles. The van der Waals surface area contributed by atoms with Crippen LogP contribution in [-0.4, -0.2) is 57.6 Å². The summed E-state index contributed by atoms with van der Waals surface area (Å²) in [5, 5.41) is 7.54. The Bertz CT molecular complexity index is 869. The third-order valence-corrected chi connectivity index (χ3v) is 5.13. The predicted molar refractivity (Wildman–Crippen MR) is 98.1 cm³/mol. The lowest BCUT2D eigenvalue weighted by atomic mass is 10.2. The summed E-state index contributed by atoms with van der Waals surface area (Å²) in [5.41, 5.74) is 2.62. The second-order valence-electron chi connectivity index (χ2n) is 7.32. The summed E-state index contributed by atoms with van der Waals surface area (Å²) >= 11 is 0. The van der Waals surface area contributed by atoms with Gasteiger partial charge in [-0.15, -0.1) is 0 Å². The molecule has 4 rings (SSSR count). The Labute approximate surface area is 158 Å². The molecule has 8 heteroatoms. The Hall–Kier alpha value is -2.61. The van der Waals surface area contributed by atoms with Crippen LogP contribution in [-0.2, 0) is 24.4 Å². The van der Waals surface area contributed by atoms with Crippen molar-refractivity contribution < 1.29 is 14.0 Å². The van der Waals surface area contributed by atoms with Gasteiger partial charge in [0.05, 0.1) is 30.0 Å². The van der Waals surface area contributed by atoms with Gasteiger partial charge in [0.2, 0.25) is 5.91 Å². The number of carbonyl (C=O) groups excluding carboxylic acids is 2. The molecule has 2 aromatic heterocycles. The first kappa shape index (κ1) is 17.8. The van der Waals surface area contributed by atoms with Gasteiger partial charge in [0, 0.05) is 32.7 Å². The van der Waals surface area contributed by atoms with E-state index in [1.807, 2.05) is 29.5 Å². The van der Waals surface area contributed by atoms with E-state index in [0.717, 1.165) is 36.7 Å². The molecule has 8 nitrogen and oxygen atoms in total. The first-order chi connectivity index (χ1) is 13.0. The second-order valence-corrected chi connectivity index (χ2v) is 7.32. The zero-order valence-electron chi connectivity index (χ0n) is 15.8. The molecule has 1 fully saturated rings. The second kappa shape index (κ2) is 7.19. The molecule has 0 aliphatic carbocycles. The van der Waals surface area contributed by atoms with Crippen LogP contribution >= 0.6 is 0 Å². The number of nitrogens with zero attached hydrogens (tertiary/aromatic N) is 4. The summed E-state index contributed by atoms with van der Waals surface area (Å²) in [4.78, 5) is 28.5. The molecule has 0 bridgehead atoms. The average molecular weight is 371 g/mol. The molecule has 27 heavy (non-hydrogen) atoms. The van der Waals surface area contributed by atoms with E-state index in [9.17, 15) is 9.59 Å². The highest BCUT2D eigenvalue weighted by Crippen LogP contribution is 2.20. The zero-order chi connectivity index (χ0) is 19.0. The number of amides is 2. The standard InChI is InChI=1S/C19H25N5O3/c1-13-8-17(14(2)27-13)19(26)23-5-3-6-24-16(11-23)9-15(21-24)10-22-7-4-20-18(25)12-22/h8-9H,3-7,10-12H2,1-2H3,(H,20,25). The van der Waals surface area contributed by atoms with E-state index in [-0.39, 0.29) is 11.8 Å². The van der Waals surface area contributed by atoms with E-state index in [1.54, 1.807) is 0 Å². The van der Waals surface area contributed by atoms with Crippen LogP contribution in [0.1, 0.15) is 39.7 Å². The summed E-state index contributed by atoms with van der Waals surface area (Å²) in [6.07, 6.45) is 0.863. The lowest BCUT2D eigenvalue weighted by molar-refractivity contribution is -0.124. The third kappa shape index (κ3) is 3.75. The minimum absolute atomic E-state index is 0.00764. The van der Waals surface area contributed by atoms with Crippen LogP contribution in [0.5, 0.6) is 0 Å². The van der Waals surface area contributed by atoms with Gasteiger partial charge < -0.3 is 14.6 Å². The van der Waals surface area contributed by atoms with E-state index in [1.165, 1.54) is 0 Å². The lowest BCUT2D eigenvalue weighted by Crippen LogP contribution is -2.47. The third-order valence-electron chi connectivity index (χ3n) is 5.13. The van der Waals surface area contributed by atoms with Gasteiger partial charge in [0.25, 0.3) is 5.91 Å². The van der Waals surface area contributed by atoms with Crippen molar-refractivity contribution in [2.75, 3.05) is 26.2 Å². The average Bonchev–Trinajstić information content (AvgIpc) is 3.09. The number of nitrogens with one attached hydrogen (secondary N) is 1. The van der Waals surface area contributed by atoms with Gasteiger partial charge in [-0.1, -0.05) is 0 Å². The first-order valence-corrected chi connectivity index (χ1v) is 9.40. The van der Waals surface area contributed by atoms with E-state index in [2.05, 4.69) is 16.3 Å². The molecule has 2 amide bonds. The maximum Gasteiger partial charge on any atom is 0.257 e. The van der Waals surface area contributed by atoms with Gasteiger partial charge in [-0.25, -0.2) is 0 Å². The normalized spacial score (nSPS) is 18.1. The van der Waals surface area contributed by atoms with Gasteiger partial charge in [-0.3, -0.25) is 19.2 Å². The fraction of sp³-hybridized carbons (Fsp3) is 0.526. The molecule has 144 valence electrons. The maximum atomic E-state index is 12.9. The molecule has 0 saturated carbocycles. The van der Waals surface area contributed by atoms with Crippen LogP contribution in [0.4, 0.5) is 0 Å². The van der Waals surface area contributed by atoms with Gasteiger partial charge in [0.1, 0.15) is 11.5 Å². The summed E-state index contributed by atoms with van der Waals surface area (Å²) in [6, 6.07) is 3.87. The minimum atomic E-state index is 0.00764. The van der Waals surface area contributed by atoms with Crippen LogP contribution in [0.2, 0.25) is 0 Å². The molecule has 0 atom stereocenters. The van der Waals surface area contributed by atoms with E-state index >= 15 is 0 Å². The van der Waals surface area contributed by atoms with Crippen molar-refractivity contribution in [3.05, 3.63) is 40.6 Å². The molecule has 1 N–H and O–H groups in total. The Balaban J connectivity index is 1.48. The monoisotopic (exact) mass is 371 g/mol. The lowest BCUT2D eigenvalue weighted by Gasteiger charge is -2.25. The number of fused-ring (bicyclic) bond motifs is 1. The van der Waals surface area contributed by atoms with Gasteiger partial charge >= 0.3 is 0 Å². The molecular formula is C19H25N5O3. The molecular weight excluding hydrogens is 346 g/mol. The molecule has 0 radical (unpaired) electrons. The number of aryl methyl sites for hydroxylation is 3. The highest BCUT2D eigenvalue weighted by atomic mass is 16.3. The van der Waals surface area contributed by atoms with Crippen LogP contribution in [0.15, 0.2) is 16.5 Å². The van der Waals surface area contributed by atoms with Crippen molar-refractivity contribution in [2.24, 2.45) is 0 Å². The van der Waals surface area contributed by atoms with E-state index < -0.39 is 0 Å². The Morgan fingerprint density at radius 2 is 2.07 bits per heavy atom. The quantitative estimate of drug-likeness (QED) is 0.873. The van der Waals surface area contributed by atoms with Gasteiger partial charge in [-0.05, 0) is 32.4 Å². The highest BCUT2D eigenvalue weighted by Gasteiger charge is 2.25. The van der Waals surface area contributed by atoms with E-state index in [0.29, 0.717) is 44.0 Å². The summed E-state index contributed by atoms with van der Waals surface area (Å²) in [6.45, 7) is 8.29. The minimum Gasteiger partial charge on any atom is -0.466 e. The molecule has 2 aliphatic rings. The van der Waals surface area contributed by atoms with Crippen molar-refractivity contribution >= 4 is 11.8 Å². The highest BCUT2D eigenvalue weighted by molar-refractivity contribution is 5.95. The van der Waals surface area contributed by atoms with Crippen molar-refractivity contribution in [3.63, 3.8) is 0 Å². The van der Waals surface area contributed by atoms with Gasteiger partial charge in [-0.2, -0.15) is 5.10 Å². The fourth-order valence-corrected chi connectivity index (χ4v) is 3.84. The van der Waals surface area contributed by atoms with Crippen molar-refractivity contribution in [1.29, 1.82) is 0 Å². The van der Waals surface area contributed by atoms with Crippen LogP contribution in [0.3, 0.4) is 0 Å². The number of furan rings is 1. The van der Waals surface area contributed by atoms with E-state index in [4.69, 9.17) is 9.52 Å². The number of hydrogen-bond donors (Lipinski definition) is 1. The largest absolute Gasteiger partial charge is 0.466 e. The summed E-state index contributed by atoms with van der Waals surface area (Å²) in [7, 11) is 0. The van der Waals surface area contributed by atoms with Crippen molar-refractivity contribution in [3.8, 4) is 0 Å². The molecule has 4 heterocycles. The maximum absolute atomic E-state index is 12.9. The van der Waals surface area contributed by atoms with Crippen LogP contribution < -0.4 is 5.32 Å². The van der Waals surface area contributed by atoms with Crippen LogP contribution in [0, 0.1) is 13.8 Å². The summed E-state index contributed by atoms with van der Waals surface area (Å²) < 4.78 is 7.52. The number of aromatic nitrogens is 2. The smallest absolute Gasteiger partial charge is 0.257 e. The molecule has 2 aromatic rings. The first-order valence-electron chi connectivity index (χ1n) is 9.40. The zero-order valence-corrected chi connectivity index (χ0v) is 15.8. The van der Waals surface area contributed by atoms with Gasteiger partial charge in [0.15, 0.2) is 0 Å². The number of piperazine rings is 1. The Kier molecular flexibility index (Phi) is 4.73. The van der Waals surface area contributed by atoms with Crippen molar-refractivity contribution in [1.82, 2.24) is 24.9 Å². The number of rotatable bonds is 3. The topological polar surface area (TPSA) is 83.6 Å². The number of hydrogen-bond acceptors (Lipinski definition) is 5. The fourth-order valence-electron chi connectivity index (χ4n) is 3.84. The molecule has 0 aromatic carbocycles. The SMILES string of the molecule is Cc1cc(C(=O)N2CCCn3nc(CN4CCNC(=O)C4)cc3C2)c(C)o1. The molecule has 1 saturated heterocycles. The molecule has 0 spiro atoms. The Morgan fingerprint density at radius 1 is 1.22 bits per heavy atom. The predicted octanol–water partition coefficient (Wildman–Crippen LogP) is 1.07. The summed E-state index contributed by atoms with van der Waals surface area (Å²) in [5.74, 6) is 1.49. The Morgan fingerprint density at radius 3 is 2.81 bits per heavy atom. The van der Waals surface area contributed by atoms with Crippen LogP contribution in [0.25, 0.3) is 0 Å².